The molecular formula is C29H33N3O3. The molecule has 0 bridgehead atoms. The summed E-state index contributed by atoms with van der Waals surface area (Å²) in [7, 11) is 1.65. The number of hydrogen-bond donors (Lipinski definition) is 1. The molecule has 1 aliphatic heterocycles. The van der Waals surface area contributed by atoms with Crippen LogP contribution in [-0.4, -0.2) is 40.0 Å². The molecule has 2 atom stereocenters. The summed E-state index contributed by atoms with van der Waals surface area (Å²) in [5, 5.41) is 4.31. The maximum Gasteiger partial charge on any atom is 0.271 e. The van der Waals surface area contributed by atoms with Crippen LogP contribution in [-0.2, 0) is 17.8 Å². The summed E-state index contributed by atoms with van der Waals surface area (Å²) in [4.78, 5) is 30.3. The van der Waals surface area contributed by atoms with E-state index in [1.807, 2.05) is 46.7 Å². The molecule has 6 heteroatoms. The Labute approximate surface area is 206 Å². The van der Waals surface area contributed by atoms with Gasteiger partial charge in [-0.15, -0.1) is 0 Å². The van der Waals surface area contributed by atoms with Crippen LogP contribution in [0.5, 0.6) is 5.75 Å². The summed E-state index contributed by atoms with van der Waals surface area (Å²) in [6, 6.07) is 16.3. The molecule has 182 valence electrons. The highest BCUT2D eigenvalue weighted by Gasteiger charge is 2.51. The van der Waals surface area contributed by atoms with Gasteiger partial charge in [0.15, 0.2) is 0 Å². The molecule has 6 rings (SSSR count). The fourth-order valence-electron chi connectivity index (χ4n) is 6.51. The van der Waals surface area contributed by atoms with E-state index in [2.05, 4.69) is 23.5 Å². The lowest BCUT2D eigenvalue weighted by atomic mass is 9.82. The summed E-state index contributed by atoms with van der Waals surface area (Å²) >= 11 is 0. The van der Waals surface area contributed by atoms with Gasteiger partial charge in [-0.3, -0.25) is 9.59 Å². The summed E-state index contributed by atoms with van der Waals surface area (Å²) in [5.74, 6) is 0.625. The highest BCUT2D eigenvalue weighted by molar-refractivity contribution is 6.04. The third-order valence-corrected chi connectivity index (χ3v) is 8.38. The van der Waals surface area contributed by atoms with Gasteiger partial charge < -0.3 is 19.5 Å². The van der Waals surface area contributed by atoms with Crippen molar-refractivity contribution in [2.45, 2.75) is 76.0 Å². The van der Waals surface area contributed by atoms with E-state index in [1.54, 1.807) is 7.11 Å². The van der Waals surface area contributed by atoms with Crippen LogP contribution in [0.15, 0.2) is 48.5 Å². The first-order valence-electron chi connectivity index (χ1n) is 12.9. The summed E-state index contributed by atoms with van der Waals surface area (Å²) in [5.41, 5.74) is 3.03. The van der Waals surface area contributed by atoms with E-state index in [0.29, 0.717) is 12.2 Å². The zero-order valence-electron chi connectivity index (χ0n) is 20.5. The van der Waals surface area contributed by atoms with Crippen molar-refractivity contribution in [1.29, 1.82) is 0 Å². The lowest BCUT2D eigenvalue weighted by molar-refractivity contribution is -0.135. The normalized spacial score (nSPS) is 24.3. The van der Waals surface area contributed by atoms with Crippen molar-refractivity contribution in [1.82, 2.24) is 14.8 Å². The highest BCUT2D eigenvalue weighted by Crippen LogP contribution is 2.43. The third kappa shape index (κ3) is 3.53. The fourth-order valence-corrected chi connectivity index (χ4v) is 6.51. The van der Waals surface area contributed by atoms with Crippen molar-refractivity contribution in [3.05, 3.63) is 65.4 Å². The molecule has 2 heterocycles. The van der Waals surface area contributed by atoms with Crippen LogP contribution in [0.1, 0.15) is 73.1 Å². The van der Waals surface area contributed by atoms with Crippen LogP contribution in [0, 0.1) is 0 Å². The number of fused-ring (bicyclic) bond motifs is 4. The third-order valence-electron chi connectivity index (χ3n) is 8.38. The predicted molar refractivity (Wildman–Crippen MR) is 136 cm³/mol. The number of hydrogen-bond acceptors (Lipinski definition) is 3. The molecule has 0 unspecified atom stereocenters. The molecule has 1 saturated carbocycles. The van der Waals surface area contributed by atoms with Crippen molar-refractivity contribution in [3.63, 3.8) is 0 Å². The molecule has 0 radical (unpaired) electrons. The molecule has 1 N–H and O–H groups in total. The second-order valence-electron chi connectivity index (χ2n) is 10.6. The van der Waals surface area contributed by atoms with E-state index in [9.17, 15) is 9.59 Å². The number of amides is 2. The van der Waals surface area contributed by atoms with E-state index in [-0.39, 0.29) is 23.9 Å². The van der Waals surface area contributed by atoms with Gasteiger partial charge in [0.05, 0.1) is 25.2 Å². The van der Waals surface area contributed by atoms with E-state index < -0.39 is 5.54 Å². The smallest absolute Gasteiger partial charge is 0.271 e. The van der Waals surface area contributed by atoms with Crippen LogP contribution >= 0.6 is 0 Å². The van der Waals surface area contributed by atoms with Crippen molar-refractivity contribution < 1.29 is 14.3 Å². The molecule has 1 aromatic heterocycles. The summed E-state index contributed by atoms with van der Waals surface area (Å²) in [6.45, 7) is 2.38. The molecule has 6 nitrogen and oxygen atoms in total. The Balaban J connectivity index is 1.49. The molecule has 2 aromatic carbocycles. The fraction of sp³-hybridized carbons (Fsp3) is 0.448. The van der Waals surface area contributed by atoms with Gasteiger partial charge in [0.25, 0.3) is 5.91 Å². The number of ether oxygens (including phenoxy) is 1. The lowest BCUT2D eigenvalue weighted by Gasteiger charge is -2.49. The number of rotatable bonds is 4. The Morgan fingerprint density at radius 1 is 1.06 bits per heavy atom. The average Bonchev–Trinajstić information content (AvgIpc) is 3.51. The van der Waals surface area contributed by atoms with Gasteiger partial charge in [-0.05, 0) is 68.4 Å². The van der Waals surface area contributed by atoms with E-state index in [0.717, 1.165) is 61.6 Å². The van der Waals surface area contributed by atoms with E-state index >= 15 is 0 Å². The topological polar surface area (TPSA) is 63.6 Å². The van der Waals surface area contributed by atoms with Gasteiger partial charge in [0.1, 0.15) is 17.0 Å². The van der Waals surface area contributed by atoms with Crippen molar-refractivity contribution in [3.8, 4) is 5.75 Å². The first-order valence-corrected chi connectivity index (χ1v) is 12.9. The standard InChI is InChI=1S/C29H33N3O3/c1-29(28(34)30-21-10-4-5-11-21)18-31-25-17-22(35-2)15-14-20(25)16-26(31)27(33)32(29)24-13-7-9-19-8-3-6-12-23(19)24/h3,6,8,12,14-17,21,24H,4-5,7,9-11,13,18H2,1-2H3,(H,30,34)/t24-,29+/m1/s1. The van der Waals surface area contributed by atoms with Crippen molar-refractivity contribution >= 4 is 22.7 Å². The number of benzene rings is 2. The largest absolute Gasteiger partial charge is 0.497 e. The number of nitrogens with one attached hydrogen (secondary N) is 1. The van der Waals surface area contributed by atoms with E-state index in [1.165, 1.54) is 11.1 Å². The molecule has 3 aliphatic rings. The predicted octanol–water partition coefficient (Wildman–Crippen LogP) is 5.00. The number of carbonyl (C=O) groups excluding carboxylic acids is 2. The number of carbonyl (C=O) groups is 2. The van der Waals surface area contributed by atoms with Gasteiger partial charge in [-0.2, -0.15) is 0 Å². The Hall–Kier alpha value is -3.28. The monoisotopic (exact) mass is 471 g/mol. The van der Waals surface area contributed by atoms with Crippen molar-refractivity contribution in [2.75, 3.05) is 7.11 Å². The van der Waals surface area contributed by atoms with Crippen molar-refractivity contribution in [2.24, 2.45) is 0 Å². The summed E-state index contributed by atoms with van der Waals surface area (Å²) in [6.07, 6.45) is 7.20. The Morgan fingerprint density at radius 3 is 2.66 bits per heavy atom. The zero-order valence-corrected chi connectivity index (χ0v) is 20.5. The minimum absolute atomic E-state index is 0.0452. The Kier molecular flexibility index (Phi) is 5.35. The maximum absolute atomic E-state index is 14.3. The first kappa shape index (κ1) is 22.2. The van der Waals surface area contributed by atoms with Gasteiger partial charge in [0.2, 0.25) is 5.91 Å². The number of methoxy groups -OCH3 is 1. The Morgan fingerprint density at radius 2 is 1.86 bits per heavy atom. The lowest BCUT2D eigenvalue weighted by Crippen LogP contribution is -2.65. The maximum atomic E-state index is 14.3. The van der Waals surface area contributed by atoms with Gasteiger partial charge in [-0.1, -0.05) is 37.1 Å². The second kappa shape index (κ2) is 8.43. The van der Waals surface area contributed by atoms with Crippen LogP contribution in [0.25, 0.3) is 10.9 Å². The second-order valence-corrected chi connectivity index (χ2v) is 10.6. The molecule has 2 amide bonds. The first-order chi connectivity index (χ1) is 17.0. The molecule has 0 saturated heterocycles. The minimum atomic E-state index is -1.00. The molecule has 35 heavy (non-hydrogen) atoms. The van der Waals surface area contributed by atoms with Crippen LogP contribution < -0.4 is 10.1 Å². The summed E-state index contributed by atoms with van der Waals surface area (Å²) < 4.78 is 7.49. The van der Waals surface area contributed by atoms with Gasteiger partial charge in [0, 0.05) is 17.5 Å². The minimum Gasteiger partial charge on any atom is -0.497 e. The zero-order chi connectivity index (χ0) is 24.2. The molecule has 2 aliphatic carbocycles. The van der Waals surface area contributed by atoms with Crippen LogP contribution in [0.2, 0.25) is 0 Å². The quantitative estimate of drug-likeness (QED) is 0.582. The average molecular weight is 472 g/mol. The number of aryl methyl sites for hydroxylation is 1. The Bertz CT molecular complexity index is 1310. The molecular weight excluding hydrogens is 438 g/mol. The highest BCUT2D eigenvalue weighted by atomic mass is 16.5. The van der Waals surface area contributed by atoms with Gasteiger partial charge in [-0.25, -0.2) is 0 Å². The number of aromatic nitrogens is 1. The van der Waals surface area contributed by atoms with Crippen LogP contribution in [0.3, 0.4) is 0 Å². The van der Waals surface area contributed by atoms with E-state index in [4.69, 9.17) is 4.74 Å². The molecule has 0 spiro atoms. The SMILES string of the molecule is COc1ccc2cc3n(c2c1)C[C@@](C)(C(=O)NC1CCCC1)N([C@@H]1CCCc2ccccc21)C3=O. The van der Waals surface area contributed by atoms with Gasteiger partial charge >= 0.3 is 0 Å². The molecule has 3 aromatic rings. The molecule has 1 fully saturated rings. The van der Waals surface area contributed by atoms with Crippen LogP contribution in [0.4, 0.5) is 0 Å². The number of nitrogens with zero attached hydrogens (tertiary/aromatic N) is 2.